The van der Waals surface area contributed by atoms with Crippen molar-refractivity contribution in [3.63, 3.8) is 0 Å². The van der Waals surface area contributed by atoms with Gasteiger partial charge in [0.15, 0.2) is 8.32 Å². The molecule has 0 aromatic carbocycles. The Kier molecular flexibility index (Phi) is 3.81. The third kappa shape index (κ3) is 2.75. The number of rotatable bonds is 2. The van der Waals surface area contributed by atoms with E-state index in [4.69, 9.17) is 4.43 Å². The van der Waals surface area contributed by atoms with Gasteiger partial charge in [0.25, 0.3) is 0 Å². The second-order valence-corrected chi connectivity index (χ2v) is 12.7. The van der Waals surface area contributed by atoms with Gasteiger partial charge in [0.1, 0.15) is 0 Å². The first-order valence-electron chi connectivity index (χ1n) is 7.56. The molecule has 0 N–H and O–H groups in total. The summed E-state index contributed by atoms with van der Waals surface area (Å²) < 4.78 is 6.70. The molecule has 2 rings (SSSR count). The van der Waals surface area contributed by atoms with Gasteiger partial charge in [-0.15, -0.1) is 0 Å². The molecule has 2 aliphatic rings. The van der Waals surface area contributed by atoms with Gasteiger partial charge in [0.05, 0.1) is 6.10 Å². The van der Waals surface area contributed by atoms with E-state index in [2.05, 4.69) is 46.9 Å². The first-order chi connectivity index (χ1) is 8.21. The first-order valence-corrected chi connectivity index (χ1v) is 10.5. The van der Waals surface area contributed by atoms with Gasteiger partial charge in [-0.05, 0) is 50.2 Å². The molecule has 0 radical (unpaired) electrons. The van der Waals surface area contributed by atoms with E-state index in [-0.39, 0.29) is 0 Å². The highest BCUT2D eigenvalue weighted by atomic mass is 28.4. The Morgan fingerprint density at radius 1 is 1.22 bits per heavy atom. The monoisotopic (exact) mass is 266 g/mol. The zero-order valence-electron chi connectivity index (χ0n) is 13.0. The molecule has 1 nitrogen and oxygen atoms in total. The molecule has 0 aromatic heterocycles. The molecule has 104 valence electrons. The predicted molar refractivity (Wildman–Crippen MR) is 81.3 cm³/mol. The van der Waals surface area contributed by atoms with E-state index in [9.17, 15) is 0 Å². The molecular weight excluding hydrogens is 236 g/mol. The largest absolute Gasteiger partial charge is 0.413 e. The van der Waals surface area contributed by atoms with Crippen molar-refractivity contribution in [3.05, 3.63) is 11.6 Å². The lowest BCUT2D eigenvalue weighted by Crippen LogP contribution is -2.47. The molecule has 3 atom stereocenters. The third-order valence-corrected chi connectivity index (χ3v) is 9.85. The second-order valence-electron chi connectivity index (χ2n) is 7.90. The summed E-state index contributed by atoms with van der Waals surface area (Å²) >= 11 is 0. The van der Waals surface area contributed by atoms with Crippen LogP contribution >= 0.6 is 0 Å². The SMILES string of the molecule is CC1=CC2C(CCCC2O[Si](C)(C)C(C)(C)C)C1. The topological polar surface area (TPSA) is 9.23 Å². The summed E-state index contributed by atoms with van der Waals surface area (Å²) in [5.41, 5.74) is 1.59. The normalized spacial score (nSPS) is 33.2. The fourth-order valence-electron chi connectivity index (χ4n) is 3.25. The molecule has 0 bridgehead atoms. The average Bonchev–Trinajstić information content (AvgIpc) is 2.57. The first kappa shape index (κ1) is 14.3. The van der Waals surface area contributed by atoms with E-state index >= 15 is 0 Å². The van der Waals surface area contributed by atoms with Crippen LogP contribution in [-0.2, 0) is 4.43 Å². The second kappa shape index (κ2) is 4.79. The maximum Gasteiger partial charge on any atom is 0.192 e. The Balaban J connectivity index is 2.09. The number of hydrogen-bond acceptors (Lipinski definition) is 1. The molecular formula is C16H30OSi. The summed E-state index contributed by atoms with van der Waals surface area (Å²) in [4.78, 5) is 0. The van der Waals surface area contributed by atoms with Crippen LogP contribution in [0.5, 0.6) is 0 Å². The molecule has 0 spiro atoms. The molecule has 2 aliphatic carbocycles. The molecule has 3 unspecified atom stereocenters. The van der Waals surface area contributed by atoms with Gasteiger partial charge in [-0.2, -0.15) is 0 Å². The number of hydrogen-bond donors (Lipinski definition) is 0. The van der Waals surface area contributed by atoms with Crippen LogP contribution in [0.3, 0.4) is 0 Å². The Hall–Kier alpha value is -0.0831. The summed E-state index contributed by atoms with van der Waals surface area (Å²) in [6, 6.07) is 0. The smallest absolute Gasteiger partial charge is 0.192 e. The highest BCUT2D eigenvalue weighted by Gasteiger charge is 2.43. The van der Waals surface area contributed by atoms with Crippen molar-refractivity contribution < 1.29 is 4.43 Å². The molecule has 1 fully saturated rings. The van der Waals surface area contributed by atoms with Crippen LogP contribution in [0.2, 0.25) is 18.1 Å². The van der Waals surface area contributed by atoms with E-state index in [1.165, 1.54) is 25.7 Å². The molecule has 0 saturated heterocycles. The lowest BCUT2D eigenvalue weighted by atomic mass is 9.79. The third-order valence-electron chi connectivity index (χ3n) is 5.35. The maximum atomic E-state index is 6.70. The van der Waals surface area contributed by atoms with Crippen molar-refractivity contribution in [2.45, 2.75) is 77.6 Å². The predicted octanol–water partition coefficient (Wildman–Crippen LogP) is 5.14. The van der Waals surface area contributed by atoms with Crippen molar-refractivity contribution in [3.8, 4) is 0 Å². The minimum Gasteiger partial charge on any atom is -0.413 e. The molecule has 1 saturated carbocycles. The van der Waals surface area contributed by atoms with E-state index in [1.54, 1.807) is 5.57 Å². The minimum absolute atomic E-state index is 0.331. The quantitative estimate of drug-likeness (QED) is 0.496. The lowest BCUT2D eigenvalue weighted by Gasteiger charge is -2.43. The lowest BCUT2D eigenvalue weighted by molar-refractivity contribution is 0.0734. The zero-order valence-corrected chi connectivity index (χ0v) is 14.0. The Bertz CT molecular complexity index is 337. The van der Waals surface area contributed by atoms with E-state index < -0.39 is 8.32 Å². The van der Waals surface area contributed by atoms with Crippen molar-refractivity contribution >= 4 is 8.32 Å². The Labute approximate surface area is 114 Å². The van der Waals surface area contributed by atoms with Gasteiger partial charge in [0.2, 0.25) is 0 Å². The molecule has 0 aliphatic heterocycles. The van der Waals surface area contributed by atoms with Gasteiger partial charge in [-0.25, -0.2) is 0 Å². The highest BCUT2D eigenvalue weighted by Crippen LogP contribution is 2.45. The highest BCUT2D eigenvalue weighted by molar-refractivity contribution is 6.74. The molecule has 0 heterocycles. The summed E-state index contributed by atoms with van der Waals surface area (Å²) in [6.07, 6.45) is 8.39. The van der Waals surface area contributed by atoms with E-state index in [1.807, 2.05) is 0 Å². The van der Waals surface area contributed by atoms with Gasteiger partial charge in [0, 0.05) is 5.92 Å². The summed E-state index contributed by atoms with van der Waals surface area (Å²) in [7, 11) is -1.60. The number of allylic oxidation sites excluding steroid dienone is 1. The van der Waals surface area contributed by atoms with Crippen LogP contribution in [0.1, 0.15) is 53.4 Å². The standard InChI is InChI=1S/C16H30OSi/c1-12-10-13-8-7-9-15(14(13)11-12)17-18(5,6)16(2,3)4/h11,13-15H,7-10H2,1-6H3. The van der Waals surface area contributed by atoms with Gasteiger partial charge < -0.3 is 4.43 Å². The van der Waals surface area contributed by atoms with E-state index in [0.717, 1.165) is 5.92 Å². The van der Waals surface area contributed by atoms with Crippen molar-refractivity contribution in [2.75, 3.05) is 0 Å². The average molecular weight is 267 g/mol. The van der Waals surface area contributed by atoms with Crippen LogP contribution in [0, 0.1) is 11.8 Å². The van der Waals surface area contributed by atoms with Crippen LogP contribution in [-0.4, -0.2) is 14.4 Å². The van der Waals surface area contributed by atoms with Crippen molar-refractivity contribution in [2.24, 2.45) is 11.8 Å². The molecule has 2 heteroatoms. The van der Waals surface area contributed by atoms with Crippen LogP contribution < -0.4 is 0 Å². The zero-order chi connectivity index (χ0) is 13.6. The fraction of sp³-hybridized carbons (Fsp3) is 0.875. The van der Waals surface area contributed by atoms with Crippen molar-refractivity contribution in [1.82, 2.24) is 0 Å². The fourth-order valence-corrected chi connectivity index (χ4v) is 4.64. The number of fused-ring (bicyclic) bond motifs is 1. The van der Waals surface area contributed by atoms with Gasteiger partial charge in [-0.3, -0.25) is 0 Å². The Morgan fingerprint density at radius 3 is 2.50 bits per heavy atom. The molecule has 18 heavy (non-hydrogen) atoms. The summed E-state index contributed by atoms with van der Waals surface area (Å²) in [5, 5.41) is 0.331. The summed E-state index contributed by atoms with van der Waals surface area (Å²) in [5.74, 6) is 1.60. The minimum atomic E-state index is -1.60. The summed E-state index contributed by atoms with van der Waals surface area (Å²) in [6.45, 7) is 14.1. The van der Waals surface area contributed by atoms with Crippen molar-refractivity contribution in [1.29, 1.82) is 0 Å². The van der Waals surface area contributed by atoms with Gasteiger partial charge >= 0.3 is 0 Å². The van der Waals surface area contributed by atoms with Crippen LogP contribution in [0.15, 0.2) is 11.6 Å². The van der Waals surface area contributed by atoms with Crippen LogP contribution in [0.4, 0.5) is 0 Å². The molecule has 0 amide bonds. The van der Waals surface area contributed by atoms with E-state index in [0.29, 0.717) is 17.1 Å². The Morgan fingerprint density at radius 2 is 1.89 bits per heavy atom. The maximum absolute atomic E-state index is 6.70. The van der Waals surface area contributed by atoms with Crippen LogP contribution in [0.25, 0.3) is 0 Å². The van der Waals surface area contributed by atoms with Gasteiger partial charge in [-0.1, -0.05) is 38.8 Å². The molecule has 0 aromatic rings.